The van der Waals surface area contributed by atoms with Crippen LogP contribution in [-0.4, -0.2) is 41.0 Å². The van der Waals surface area contributed by atoms with Crippen molar-refractivity contribution in [3.8, 4) is 22.8 Å². The topological polar surface area (TPSA) is 62.4 Å². The van der Waals surface area contributed by atoms with Crippen molar-refractivity contribution in [1.29, 1.82) is 0 Å². The van der Waals surface area contributed by atoms with Crippen molar-refractivity contribution < 1.29 is 13.9 Å². The number of likely N-dealkylation sites (tertiary alicyclic amines) is 1. The molecule has 0 unspecified atom stereocenters. The van der Waals surface area contributed by atoms with E-state index in [1.165, 1.54) is 12.1 Å². The maximum Gasteiger partial charge on any atom is 0.231 e. The molecule has 5 rings (SSSR count). The Morgan fingerprint density at radius 2 is 2.10 bits per heavy atom. The van der Waals surface area contributed by atoms with Gasteiger partial charge in [-0.1, -0.05) is 12.1 Å². The molecule has 150 valence electrons. The number of anilines is 1. The van der Waals surface area contributed by atoms with Crippen molar-refractivity contribution in [1.82, 2.24) is 15.1 Å². The lowest BCUT2D eigenvalue weighted by Gasteiger charge is -2.33. The Kier molecular flexibility index (Phi) is 4.81. The number of aromatic nitrogens is 2. The number of nitrogens with zero attached hydrogens (tertiary/aromatic N) is 2. The molecule has 0 spiro atoms. The number of ether oxygens (including phenoxy) is 2. The van der Waals surface area contributed by atoms with Gasteiger partial charge in [-0.25, -0.2) is 4.39 Å². The summed E-state index contributed by atoms with van der Waals surface area (Å²) in [7, 11) is 0. The van der Waals surface area contributed by atoms with Crippen molar-refractivity contribution in [2.75, 3.05) is 25.2 Å². The fraction of sp³-hybridized carbons (Fsp3) is 0.318. The van der Waals surface area contributed by atoms with Gasteiger partial charge in [-0.15, -0.1) is 0 Å². The van der Waals surface area contributed by atoms with Crippen LogP contribution < -0.4 is 14.8 Å². The Labute approximate surface area is 168 Å². The lowest BCUT2D eigenvalue weighted by Crippen LogP contribution is -2.41. The molecule has 1 atom stereocenters. The molecule has 0 amide bonds. The molecule has 0 radical (unpaired) electrons. The standard InChI is InChI=1S/C22H23FN4O2/c23-17-4-1-3-15(9-17)22-16(11-24-26-22)12-27-8-2-5-19(13-27)25-18-6-7-20-21(10-18)29-14-28-20/h1,3-4,6-7,9-11,19,25H,2,5,8,12-14H2,(H,24,26)/t19-/m1/s1. The van der Waals surface area contributed by atoms with Crippen molar-refractivity contribution >= 4 is 5.69 Å². The first-order chi connectivity index (χ1) is 14.2. The number of halogens is 1. The molecule has 2 aromatic carbocycles. The molecule has 29 heavy (non-hydrogen) atoms. The molecule has 1 aromatic heterocycles. The number of hydrogen-bond acceptors (Lipinski definition) is 5. The maximum absolute atomic E-state index is 13.6. The largest absolute Gasteiger partial charge is 0.454 e. The number of nitrogens with one attached hydrogen (secondary N) is 2. The van der Waals surface area contributed by atoms with E-state index in [1.807, 2.05) is 30.5 Å². The van der Waals surface area contributed by atoms with Crippen LogP contribution in [0.25, 0.3) is 11.3 Å². The quantitative estimate of drug-likeness (QED) is 0.684. The van der Waals surface area contributed by atoms with Crippen LogP contribution in [0.5, 0.6) is 11.5 Å². The highest BCUT2D eigenvalue weighted by atomic mass is 19.1. The van der Waals surface area contributed by atoms with Gasteiger partial charge in [0.2, 0.25) is 6.79 Å². The summed E-state index contributed by atoms with van der Waals surface area (Å²) in [6, 6.07) is 13.0. The summed E-state index contributed by atoms with van der Waals surface area (Å²) < 4.78 is 24.5. The Morgan fingerprint density at radius 3 is 3.03 bits per heavy atom. The minimum Gasteiger partial charge on any atom is -0.454 e. The summed E-state index contributed by atoms with van der Waals surface area (Å²) in [5, 5.41) is 10.9. The van der Waals surface area contributed by atoms with Crippen LogP contribution in [0.4, 0.5) is 10.1 Å². The van der Waals surface area contributed by atoms with Crippen LogP contribution in [0.15, 0.2) is 48.7 Å². The van der Waals surface area contributed by atoms with E-state index in [0.29, 0.717) is 6.04 Å². The van der Waals surface area contributed by atoms with E-state index >= 15 is 0 Å². The average molecular weight is 394 g/mol. The molecule has 6 nitrogen and oxygen atoms in total. The van der Waals surface area contributed by atoms with Crippen molar-refractivity contribution in [3.05, 3.63) is 60.0 Å². The minimum absolute atomic E-state index is 0.242. The van der Waals surface area contributed by atoms with E-state index in [9.17, 15) is 4.39 Å². The lowest BCUT2D eigenvalue weighted by atomic mass is 10.0. The van der Waals surface area contributed by atoms with Crippen molar-refractivity contribution in [2.24, 2.45) is 0 Å². The summed E-state index contributed by atoms with van der Waals surface area (Å²) in [4.78, 5) is 2.42. The molecule has 7 heteroatoms. The summed E-state index contributed by atoms with van der Waals surface area (Å²) in [6.45, 7) is 3.03. The van der Waals surface area contributed by atoms with Gasteiger partial charge in [0.15, 0.2) is 11.5 Å². The SMILES string of the molecule is Fc1cccc(-c2[nH]ncc2CN2CCC[C@@H](Nc3ccc4c(c3)OCO4)C2)c1. The number of benzene rings is 2. The number of fused-ring (bicyclic) bond motifs is 1. The van der Waals surface area contributed by atoms with Gasteiger partial charge in [0.25, 0.3) is 0 Å². The van der Waals surface area contributed by atoms with Crippen LogP contribution in [0.1, 0.15) is 18.4 Å². The minimum atomic E-state index is -0.242. The zero-order valence-electron chi connectivity index (χ0n) is 16.0. The van der Waals surface area contributed by atoms with Crippen LogP contribution in [0, 0.1) is 5.82 Å². The fourth-order valence-electron chi connectivity index (χ4n) is 4.10. The van der Waals surface area contributed by atoms with Gasteiger partial charge in [-0.05, 0) is 43.7 Å². The Morgan fingerprint density at radius 1 is 1.17 bits per heavy atom. The molecular weight excluding hydrogens is 371 g/mol. The highest BCUT2D eigenvalue weighted by Gasteiger charge is 2.22. The third kappa shape index (κ3) is 3.91. The second kappa shape index (κ2) is 7.75. The van der Waals surface area contributed by atoms with Gasteiger partial charge < -0.3 is 14.8 Å². The van der Waals surface area contributed by atoms with E-state index in [0.717, 1.165) is 66.5 Å². The van der Waals surface area contributed by atoms with Crippen LogP contribution in [-0.2, 0) is 6.54 Å². The predicted molar refractivity (Wildman–Crippen MR) is 108 cm³/mol. The first-order valence-corrected chi connectivity index (χ1v) is 9.91. The molecule has 2 aliphatic heterocycles. The third-order valence-electron chi connectivity index (χ3n) is 5.47. The fourth-order valence-corrected chi connectivity index (χ4v) is 4.10. The monoisotopic (exact) mass is 394 g/mol. The smallest absolute Gasteiger partial charge is 0.231 e. The number of piperidine rings is 1. The predicted octanol–water partition coefficient (Wildman–Crippen LogP) is 4.02. The third-order valence-corrected chi connectivity index (χ3v) is 5.47. The summed E-state index contributed by atoms with van der Waals surface area (Å²) in [6.07, 6.45) is 4.08. The lowest BCUT2D eigenvalue weighted by molar-refractivity contribution is 0.174. The van der Waals surface area contributed by atoms with Gasteiger partial charge in [0, 0.05) is 42.0 Å². The molecule has 1 fully saturated rings. The van der Waals surface area contributed by atoms with Gasteiger partial charge in [-0.3, -0.25) is 10.00 Å². The molecular formula is C22H23FN4O2. The summed E-state index contributed by atoms with van der Waals surface area (Å²) >= 11 is 0. The maximum atomic E-state index is 13.6. The van der Waals surface area contributed by atoms with Crippen LogP contribution in [0.3, 0.4) is 0 Å². The van der Waals surface area contributed by atoms with Gasteiger partial charge >= 0.3 is 0 Å². The van der Waals surface area contributed by atoms with E-state index in [-0.39, 0.29) is 12.6 Å². The zero-order valence-corrected chi connectivity index (χ0v) is 16.0. The second-order valence-electron chi connectivity index (χ2n) is 7.57. The van der Waals surface area contributed by atoms with Crippen molar-refractivity contribution in [2.45, 2.75) is 25.4 Å². The highest BCUT2D eigenvalue weighted by molar-refractivity contribution is 5.62. The van der Waals surface area contributed by atoms with Crippen molar-refractivity contribution in [3.63, 3.8) is 0 Å². The number of rotatable bonds is 5. The summed E-state index contributed by atoms with van der Waals surface area (Å²) in [5.41, 5.74) is 3.84. The Bertz CT molecular complexity index is 1010. The van der Waals surface area contributed by atoms with Gasteiger partial charge in [0.1, 0.15) is 5.82 Å². The van der Waals surface area contributed by atoms with E-state index in [2.05, 4.69) is 20.4 Å². The van der Waals surface area contributed by atoms with Crippen LogP contribution in [0.2, 0.25) is 0 Å². The Hall–Kier alpha value is -3.06. The molecule has 0 aliphatic carbocycles. The number of aromatic amines is 1. The number of H-pyrrole nitrogens is 1. The highest BCUT2D eigenvalue weighted by Crippen LogP contribution is 2.34. The molecule has 2 aliphatic rings. The van der Waals surface area contributed by atoms with E-state index in [1.54, 1.807) is 6.07 Å². The molecule has 3 aromatic rings. The van der Waals surface area contributed by atoms with Crippen LogP contribution >= 0.6 is 0 Å². The molecule has 0 saturated carbocycles. The Balaban J connectivity index is 1.26. The normalized spacial score (nSPS) is 18.7. The zero-order chi connectivity index (χ0) is 19.6. The first-order valence-electron chi connectivity index (χ1n) is 9.91. The van der Waals surface area contributed by atoms with Gasteiger partial charge in [-0.2, -0.15) is 5.10 Å². The summed E-state index contributed by atoms with van der Waals surface area (Å²) in [5.74, 6) is 1.35. The average Bonchev–Trinajstić information content (AvgIpc) is 3.37. The van der Waals surface area contributed by atoms with E-state index in [4.69, 9.17) is 9.47 Å². The molecule has 1 saturated heterocycles. The molecule has 2 N–H and O–H groups in total. The molecule has 3 heterocycles. The second-order valence-corrected chi connectivity index (χ2v) is 7.57. The molecule has 0 bridgehead atoms. The van der Waals surface area contributed by atoms with Gasteiger partial charge in [0.05, 0.1) is 11.9 Å². The first kappa shape index (κ1) is 18.0. The van der Waals surface area contributed by atoms with E-state index < -0.39 is 0 Å². The number of hydrogen-bond donors (Lipinski definition) is 2.